The summed E-state index contributed by atoms with van der Waals surface area (Å²) >= 11 is 1.88. The summed E-state index contributed by atoms with van der Waals surface area (Å²) in [6.07, 6.45) is 6.70. The van der Waals surface area contributed by atoms with Gasteiger partial charge in [-0.3, -0.25) is 19.7 Å². The maximum absolute atomic E-state index is 12.4. The molecule has 0 N–H and O–H groups in total. The van der Waals surface area contributed by atoms with Crippen LogP contribution in [-0.2, 0) is 25.3 Å². The Morgan fingerprint density at radius 1 is 1.32 bits per heavy atom. The smallest absolute Gasteiger partial charge is 0.267 e. The van der Waals surface area contributed by atoms with Crippen molar-refractivity contribution < 1.29 is 0 Å². The third kappa shape index (κ3) is 3.62. The zero-order valence-corrected chi connectivity index (χ0v) is 15.3. The van der Waals surface area contributed by atoms with Gasteiger partial charge in [0.15, 0.2) is 0 Å². The second-order valence-electron chi connectivity index (χ2n) is 6.79. The lowest BCUT2D eigenvalue weighted by Gasteiger charge is -2.25. The number of likely N-dealkylation sites (tertiary alicyclic amines) is 1. The van der Waals surface area contributed by atoms with E-state index in [1.807, 2.05) is 18.7 Å². The lowest BCUT2D eigenvalue weighted by Crippen LogP contribution is -2.37. The van der Waals surface area contributed by atoms with Crippen molar-refractivity contribution in [1.29, 1.82) is 0 Å². The van der Waals surface area contributed by atoms with Crippen LogP contribution in [0.3, 0.4) is 0 Å². The fourth-order valence-electron chi connectivity index (χ4n) is 3.68. The fourth-order valence-corrected chi connectivity index (χ4v) is 4.63. The van der Waals surface area contributed by atoms with Crippen molar-refractivity contribution in [2.75, 3.05) is 12.3 Å². The second kappa shape index (κ2) is 7.25. The molecule has 0 bridgehead atoms. The monoisotopic (exact) mass is 357 g/mol. The quantitative estimate of drug-likeness (QED) is 0.831. The van der Waals surface area contributed by atoms with Gasteiger partial charge in [-0.1, -0.05) is 0 Å². The molecule has 4 heterocycles. The summed E-state index contributed by atoms with van der Waals surface area (Å²) < 4.78 is 1.68. The molecule has 1 unspecified atom stereocenters. The Kier molecular flexibility index (Phi) is 4.85. The van der Waals surface area contributed by atoms with E-state index >= 15 is 0 Å². The van der Waals surface area contributed by atoms with Crippen LogP contribution < -0.4 is 5.56 Å². The largest absolute Gasteiger partial charge is 0.293 e. The van der Waals surface area contributed by atoms with Gasteiger partial charge in [-0.2, -0.15) is 16.9 Å². The van der Waals surface area contributed by atoms with Crippen molar-refractivity contribution in [2.45, 2.75) is 51.1 Å². The lowest BCUT2D eigenvalue weighted by atomic mass is 10.2. The van der Waals surface area contributed by atoms with Crippen molar-refractivity contribution in [3.8, 4) is 0 Å². The predicted molar refractivity (Wildman–Crippen MR) is 98.6 cm³/mol. The van der Waals surface area contributed by atoms with E-state index in [0.29, 0.717) is 12.6 Å². The van der Waals surface area contributed by atoms with Crippen molar-refractivity contribution in [3.05, 3.63) is 51.5 Å². The zero-order chi connectivity index (χ0) is 17.2. The summed E-state index contributed by atoms with van der Waals surface area (Å²) in [5.74, 6) is 2.01. The van der Waals surface area contributed by atoms with Crippen LogP contribution in [0, 0.1) is 6.92 Å². The molecule has 1 saturated heterocycles. The van der Waals surface area contributed by atoms with Gasteiger partial charge in [-0.05, 0) is 37.6 Å². The molecule has 2 aromatic rings. The minimum Gasteiger partial charge on any atom is -0.293 e. The Bertz CT molecular complexity index is 821. The molecular weight excluding hydrogens is 334 g/mol. The number of hydrogen-bond acceptors (Lipinski definition) is 6. The molecule has 0 aliphatic carbocycles. The maximum Gasteiger partial charge on any atom is 0.267 e. The third-order valence-electron chi connectivity index (χ3n) is 5.12. The van der Waals surface area contributed by atoms with E-state index in [9.17, 15) is 4.79 Å². The fraction of sp³-hybridized carbons (Fsp3) is 0.556. The SMILES string of the molecule is Cc1nccnc1CN1CCCC1Cn1nc2c(cc1=O)CSCC2. The Morgan fingerprint density at radius 3 is 3.08 bits per heavy atom. The van der Waals surface area contributed by atoms with E-state index in [0.717, 1.165) is 66.5 Å². The molecule has 0 radical (unpaired) electrons. The molecule has 25 heavy (non-hydrogen) atoms. The summed E-state index contributed by atoms with van der Waals surface area (Å²) in [7, 11) is 0. The highest BCUT2D eigenvalue weighted by atomic mass is 32.2. The van der Waals surface area contributed by atoms with Gasteiger partial charge in [0.1, 0.15) is 0 Å². The Balaban J connectivity index is 1.52. The topological polar surface area (TPSA) is 63.9 Å². The highest BCUT2D eigenvalue weighted by Gasteiger charge is 2.27. The first-order valence-corrected chi connectivity index (χ1v) is 10.0. The Morgan fingerprint density at radius 2 is 2.20 bits per heavy atom. The summed E-state index contributed by atoms with van der Waals surface area (Å²) in [5.41, 5.74) is 4.26. The van der Waals surface area contributed by atoms with Crippen molar-refractivity contribution in [1.82, 2.24) is 24.6 Å². The van der Waals surface area contributed by atoms with Crippen molar-refractivity contribution in [3.63, 3.8) is 0 Å². The van der Waals surface area contributed by atoms with E-state index < -0.39 is 0 Å². The Labute approximate surface area is 151 Å². The zero-order valence-electron chi connectivity index (χ0n) is 14.5. The molecule has 2 aliphatic heterocycles. The van der Waals surface area contributed by atoms with Gasteiger partial charge in [0.25, 0.3) is 5.56 Å². The van der Waals surface area contributed by atoms with Crippen molar-refractivity contribution >= 4 is 11.8 Å². The van der Waals surface area contributed by atoms with Crippen LogP contribution in [0.4, 0.5) is 0 Å². The average Bonchev–Trinajstić information content (AvgIpc) is 3.04. The van der Waals surface area contributed by atoms with Gasteiger partial charge in [-0.25, -0.2) is 4.68 Å². The Hall–Kier alpha value is -1.73. The number of fused-ring (bicyclic) bond motifs is 1. The average molecular weight is 357 g/mol. The number of aryl methyl sites for hydroxylation is 2. The van der Waals surface area contributed by atoms with E-state index in [1.165, 1.54) is 0 Å². The third-order valence-corrected chi connectivity index (χ3v) is 6.13. The van der Waals surface area contributed by atoms with Crippen LogP contribution in [0.1, 0.15) is 35.5 Å². The standard InChI is InChI=1S/C18H23N5OS/c1-13-17(20-6-5-19-13)11-22-7-2-3-15(22)10-23-18(24)9-14-12-25-8-4-16(14)21-23/h5-6,9,15H,2-4,7-8,10-12H2,1H3. The normalized spacial score (nSPS) is 20.6. The maximum atomic E-state index is 12.4. The second-order valence-corrected chi connectivity index (χ2v) is 7.90. The van der Waals surface area contributed by atoms with Gasteiger partial charge < -0.3 is 0 Å². The van der Waals surface area contributed by atoms with Gasteiger partial charge in [0.05, 0.1) is 23.6 Å². The molecule has 0 saturated carbocycles. The van der Waals surface area contributed by atoms with Gasteiger partial charge in [0.2, 0.25) is 0 Å². The van der Waals surface area contributed by atoms with Gasteiger partial charge in [0, 0.05) is 43.2 Å². The molecule has 132 valence electrons. The highest BCUT2D eigenvalue weighted by molar-refractivity contribution is 7.98. The van der Waals surface area contributed by atoms with Crippen molar-refractivity contribution in [2.24, 2.45) is 0 Å². The molecule has 7 heteroatoms. The molecule has 6 nitrogen and oxygen atoms in total. The molecule has 2 aliphatic rings. The first kappa shape index (κ1) is 16.7. The van der Waals surface area contributed by atoms with Crippen LogP contribution in [0.5, 0.6) is 0 Å². The van der Waals surface area contributed by atoms with Crippen LogP contribution >= 0.6 is 11.8 Å². The molecular formula is C18H23N5OS. The number of hydrogen-bond donors (Lipinski definition) is 0. The molecule has 1 fully saturated rings. The lowest BCUT2D eigenvalue weighted by molar-refractivity contribution is 0.213. The van der Waals surface area contributed by atoms with Crippen LogP contribution in [0.2, 0.25) is 0 Å². The van der Waals surface area contributed by atoms with E-state index in [2.05, 4.69) is 20.0 Å². The van der Waals surface area contributed by atoms with Gasteiger partial charge >= 0.3 is 0 Å². The first-order valence-electron chi connectivity index (χ1n) is 8.89. The number of rotatable bonds is 4. The van der Waals surface area contributed by atoms with Crippen LogP contribution in [-0.4, -0.2) is 43.0 Å². The molecule has 2 aromatic heterocycles. The van der Waals surface area contributed by atoms with E-state index in [4.69, 9.17) is 0 Å². The summed E-state index contributed by atoms with van der Waals surface area (Å²) in [6, 6.07) is 2.13. The molecule has 0 amide bonds. The van der Waals surface area contributed by atoms with Gasteiger partial charge in [-0.15, -0.1) is 0 Å². The number of aromatic nitrogens is 4. The summed E-state index contributed by atoms with van der Waals surface area (Å²) in [6.45, 7) is 4.50. The number of thioether (sulfide) groups is 1. The highest BCUT2D eigenvalue weighted by Crippen LogP contribution is 2.23. The van der Waals surface area contributed by atoms with E-state index in [1.54, 1.807) is 23.1 Å². The molecule has 4 rings (SSSR count). The minimum absolute atomic E-state index is 0.0313. The number of nitrogens with zero attached hydrogens (tertiary/aromatic N) is 5. The molecule has 0 spiro atoms. The predicted octanol–water partition coefficient (Wildman–Crippen LogP) is 1.80. The van der Waals surface area contributed by atoms with E-state index in [-0.39, 0.29) is 5.56 Å². The minimum atomic E-state index is 0.0313. The molecule has 1 atom stereocenters. The van der Waals surface area contributed by atoms with Crippen LogP contribution in [0.15, 0.2) is 23.3 Å². The van der Waals surface area contributed by atoms with Crippen LogP contribution in [0.25, 0.3) is 0 Å². The first-order chi connectivity index (χ1) is 12.2. The molecule has 0 aromatic carbocycles. The summed E-state index contributed by atoms with van der Waals surface area (Å²) in [5, 5.41) is 4.67. The summed E-state index contributed by atoms with van der Waals surface area (Å²) in [4.78, 5) is 23.7.